The lowest BCUT2D eigenvalue weighted by Gasteiger charge is -2.18. The van der Waals surface area contributed by atoms with Crippen LogP contribution in [-0.4, -0.2) is 24.0 Å². The standard InChI is InChI=1S/C14H22N2.ClH/c1-11-5-3-4-6-13(11)9-16-8-7-14(10-16)12(2)15;/h3-6,12,14H,7-10,15H2,1-2H3;1H. The number of benzene rings is 1. The molecule has 17 heavy (non-hydrogen) atoms. The van der Waals surface area contributed by atoms with Crippen LogP contribution in [-0.2, 0) is 6.54 Å². The summed E-state index contributed by atoms with van der Waals surface area (Å²) in [6.07, 6.45) is 1.25. The molecule has 0 amide bonds. The average molecular weight is 255 g/mol. The number of aryl methyl sites for hydroxylation is 1. The molecule has 1 aliphatic heterocycles. The molecule has 1 fully saturated rings. The highest BCUT2D eigenvalue weighted by atomic mass is 35.5. The molecule has 2 atom stereocenters. The van der Waals surface area contributed by atoms with E-state index in [1.807, 2.05) is 0 Å². The maximum absolute atomic E-state index is 5.96. The third-order valence-electron chi connectivity index (χ3n) is 3.71. The number of halogens is 1. The van der Waals surface area contributed by atoms with E-state index in [9.17, 15) is 0 Å². The van der Waals surface area contributed by atoms with Gasteiger partial charge in [-0.2, -0.15) is 0 Å². The van der Waals surface area contributed by atoms with E-state index in [1.165, 1.54) is 24.1 Å². The van der Waals surface area contributed by atoms with Crippen LogP contribution in [0.3, 0.4) is 0 Å². The van der Waals surface area contributed by atoms with Gasteiger partial charge < -0.3 is 5.73 Å². The summed E-state index contributed by atoms with van der Waals surface area (Å²) in [5.74, 6) is 0.684. The highest BCUT2D eigenvalue weighted by molar-refractivity contribution is 5.85. The molecular weight excluding hydrogens is 232 g/mol. The van der Waals surface area contributed by atoms with Gasteiger partial charge in [0.25, 0.3) is 0 Å². The summed E-state index contributed by atoms with van der Waals surface area (Å²) in [5.41, 5.74) is 8.80. The first-order valence-electron chi connectivity index (χ1n) is 6.19. The molecule has 1 saturated heterocycles. The molecule has 0 spiro atoms. The molecule has 1 aromatic rings. The van der Waals surface area contributed by atoms with Crippen LogP contribution in [0.2, 0.25) is 0 Å². The number of hydrogen-bond donors (Lipinski definition) is 1. The van der Waals surface area contributed by atoms with Crippen LogP contribution in [0.15, 0.2) is 24.3 Å². The van der Waals surface area contributed by atoms with Gasteiger partial charge in [-0.25, -0.2) is 0 Å². The number of rotatable bonds is 3. The number of nitrogens with two attached hydrogens (primary N) is 1. The van der Waals surface area contributed by atoms with Crippen molar-refractivity contribution < 1.29 is 0 Å². The third kappa shape index (κ3) is 3.70. The van der Waals surface area contributed by atoms with Gasteiger partial charge in [0.15, 0.2) is 0 Å². The largest absolute Gasteiger partial charge is 0.328 e. The van der Waals surface area contributed by atoms with Crippen molar-refractivity contribution in [2.75, 3.05) is 13.1 Å². The predicted molar refractivity (Wildman–Crippen MR) is 75.5 cm³/mol. The van der Waals surface area contributed by atoms with Crippen LogP contribution in [0.1, 0.15) is 24.5 Å². The van der Waals surface area contributed by atoms with Crippen molar-refractivity contribution in [2.24, 2.45) is 11.7 Å². The Morgan fingerprint density at radius 1 is 1.41 bits per heavy atom. The molecule has 96 valence electrons. The molecule has 0 bridgehead atoms. The number of likely N-dealkylation sites (tertiary alicyclic amines) is 1. The van der Waals surface area contributed by atoms with Crippen LogP contribution in [0.25, 0.3) is 0 Å². The second-order valence-corrected chi connectivity index (χ2v) is 5.07. The normalized spacial score (nSPS) is 22.2. The zero-order chi connectivity index (χ0) is 11.5. The molecule has 1 aliphatic rings. The quantitative estimate of drug-likeness (QED) is 0.899. The van der Waals surface area contributed by atoms with Crippen molar-refractivity contribution >= 4 is 12.4 Å². The van der Waals surface area contributed by atoms with Crippen LogP contribution in [0.4, 0.5) is 0 Å². The summed E-state index contributed by atoms with van der Waals surface area (Å²) in [5, 5.41) is 0. The zero-order valence-electron chi connectivity index (χ0n) is 10.7. The topological polar surface area (TPSA) is 29.3 Å². The first kappa shape index (κ1) is 14.5. The SMILES string of the molecule is Cc1ccccc1CN1CCC(C(C)N)C1.Cl. The maximum atomic E-state index is 5.96. The molecule has 1 heterocycles. The van der Waals surface area contributed by atoms with E-state index in [4.69, 9.17) is 5.73 Å². The highest BCUT2D eigenvalue weighted by Crippen LogP contribution is 2.21. The lowest BCUT2D eigenvalue weighted by molar-refractivity contribution is 0.308. The van der Waals surface area contributed by atoms with Crippen LogP contribution in [0.5, 0.6) is 0 Å². The molecule has 0 radical (unpaired) electrons. The predicted octanol–water partition coefficient (Wildman–Crippen LogP) is 2.59. The van der Waals surface area contributed by atoms with Crippen LogP contribution in [0, 0.1) is 12.8 Å². The Morgan fingerprint density at radius 3 is 2.71 bits per heavy atom. The summed E-state index contributed by atoms with van der Waals surface area (Å²) >= 11 is 0. The van der Waals surface area contributed by atoms with E-state index >= 15 is 0 Å². The summed E-state index contributed by atoms with van der Waals surface area (Å²) in [4.78, 5) is 2.52. The summed E-state index contributed by atoms with van der Waals surface area (Å²) in [6, 6.07) is 8.99. The van der Waals surface area contributed by atoms with E-state index in [0.717, 1.165) is 13.1 Å². The van der Waals surface area contributed by atoms with Crippen molar-refractivity contribution in [3.05, 3.63) is 35.4 Å². The highest BCUT2D eigenvalue weighted by Gasteiger charge is 2.25. The summed E-state index contributed by atoms with van der Waals surface area (Å²) < 4.78 is 0. The molecular formula is C14H23ClN2. The van der Waals surface area contributed by atoms with Gasteiger partial charge in [0.2, 0.25) is 0 Å². The van der Waals surface area contributed by atoms with Crippen molar-refractivity contribution in [3.8, 4) is 0 Å². The molecule has 2 rings (SSSR count). The molecule has 2 N–H and O–H groups in total. The van der Waals surface area contributed by atoms with Crippen LogP contribution >= 0.6 is 12.4 Å². The van der Waals surface area contributed by atoms with E-state index in [2.05, 4.69) is 43.0 Å². The van der Waals surface area contributed by atoms with Gasteiger partial charge in [-0.05, 0) is 43.9 Å². The molecule has 2 nitrogen and oxygen atoms in total. The Labute approximate surface area is 111 Å². The van der Waals surface area contributed by atoms with Gasteiger partial charge in [0.05, 0.1) is 0 Å². The fourth-order valence-electron chi connectivity index (χ4n) is 2.46. The summed E-state index contributed by atoms with van der Waals surface area (Å²) in [6.45, 7) is 7.75. The number of hydrogen-bond acceptors (Lipinski definition) is 2. The van der Waals surface area contributed by atoms with Gasteiger partial charge in [0, 0.05) is 19.1 Å². The molecule has 2 unspecified atom stereocenters. The smallest absolute Gasteiger partial charge is 0.0236 e. The number of nitrogens with zero attached hydrogens (tertiary/aromatic N) is 1. The fourth-order valence-corrected chi connectivity index (χ4v) is 2.46. The van der Waals surface area contributed by atoms with Gasteiger partial charge in [-0.3, -0.25) is 4.90 Å². The molecule has 3 heteroatoms. The minimum atomic E-state index is 0. The lowest BCUT2D eigenvalue weighted by Crippen LogP contribution is -2.29. The molecule has 1 aromatic carbocycles. The molecule has 0 aromatic heterocycles. The van der Waals surface area contributed by atoms with E-state index in [1.54, 1.807) is 0 Å². The van der Waals surface area contributed by atoms with Crippen molar-refractivity contribution in [2.45, 2.75) is 32.9 Å². The van der Waals surface area contributed by atoms with Crippen molar-refractivity contribution in [1.82, 2.24) is 4.90 Å². The van der Waals surface area contributed by atoms with Crippen molar-refractivity contribution in [1.29, 1.82) is 0 Å². The van der Waals surface area contributed by atoms with E-state index in [-0.39, 0.29) is 12.4 Å². The van der Waals surface area contributed by atoms with E-state index in [0.29, 0.717) is 12.0 Å². The monoisotopic (exact) mass is 254 g/mol. The first-order chi connectivity index (χ1) is 7.66. The van der Waals surface area contributed by atoms with Gasteiger partial charge >= 0.3 is 0 Å². The van der Waals surface area contributed by atoms with Gasteiger partial charge in [0.1, 0.15) is 0 Å². The van der Waals surface area contributed by atoms with E-state index < -0.39 is 0 Å². The molecule has 0 aliphatic carbocycles. The van der Waals surface area contributed by atoms with Gasteiger partial charge in [-0.1, -0.05) is 24.3 Å². The maximum Gasteiger partial charge on any atom is 0.0236 e. The van der Waals surface area contributed by atoms with Crippen molar-refractivity contribution in [3.63, 3.8) is 0 Å². The lowest BCUT2D eigenvalue weighted by atomic mass is 10.0. The Bertz CT molecular complexity index is 352. The van der Waals surface area contributed by atoms with Crippen LogP contribution < -0.4 is 5.73 Å². The summed E-state index contributed by atoms with van der Waals surface area (Å²) in [7, 11) is 0. The van der Waals surface area contributed by atoms with Gasteiger partial charge in [-0.15, -0.1) is 12.4 Å². The molecule has 0 saturated carbocycles. The second kappa shape index (κ2) is 6.39. The first-order valence-corrected chi connectivity index (χ1v) is 6.19. The Balaban J connectivity index is 0.00000144. The Morgan fingerprint density at radius 2 is 2.12 bits per heavy atom. The zero-order valence-corrected chi connectivity index (χ0v) is 11.5. The Hall–Kier alpha value is -0.570. The minimum absolute atomic E-state index is 0. The average Bonchev–Trinajstić information content (AvgIpc) is 2.70. The third-order valence-corrected chi connectivity index (χ3v) is 3.71. The second-order valence-electron chi connectivity index (χ2n) is 5.07. The Kier molecular flexibility index (Phi) is 5.44. The fraction of sp³-hybridized carbons (Fsp3) is 0.571. The minimum Gasteiger partial charge on any atom is -0.328 e.